The van der Waals surface area contributed by atoms with Crippen molar-refractivity contribution in [1.29, 1.82) is 0 Å². The molecule has 0 amide bonds. The molecule has 0 radical (unpaired) electrons. The molecule has 3 heterocycles. The van der Waals surface area contributed by atoms with Crippen molar-refractivity contribution in [2.75, 3.05) is 26.4 Å². The van der Waals surface area contributed by atoms with Gasteiger partial charge in [0.05, 0.1) is 30.7 Å². The third-order valence-corrected chi connectivity index (χ3v) is 8.11. The smallest absolute Gasteiger partial charge is 0.338 e. The maximum Gasteiger partial charge on any atom is 0.338 e. The van der Waals surface area contributed by atoms with Gasteiger partial charge in [-0.3, -0.25) is 4.99 Å². The van der Waals surface area contributed by atoms with Gasteiger partial charge in [0.25, 0.3) is 0 Å². The van der Waals surface area contributed by atoms with Crippen LogP contribution in [0.25, 0.3) is 11.0 Å². The highest BCUT2D eigenvalue weighted by Gasteiger charge is 2.29. The number of hydrogen-bond donors (Lipinski definition) is 2. The zero-order valence-electron chi connectivity index (χ0n) is 22.5. The van der Waals surface area contributed by atoms with E-state index in [0.29, 0.717) is 19.0 Å². The lowest BCUT2D eigenvalue weighted by molar-refractivity contribution is 0.0689. The zero-order valence-corrected chi connectivity index (χ0v) is 23.5. The van der Waals surface area contributed by atoms with Gasteiger partial charge in [-0.2, -0.15) is 0 Å². The molecule has 0 saturated carbocycles. The number of aliphatic imine (C=N–C) groups is 1. The summed E-state index contributed by atoms with van der Waals surface area (Å²) in [6.07, 6.45) is 2.83. The fourth-order valence-electron chi connectivity index (χ4n) is 4.00. The molecule has 0 bridgehead atoms. The molecule has 12 heteroatoms. The van der Waals surface area contributed by atoms with Gasteiger partial charge in [-0.1, -0.05) is 26.6 Å². The van der Waals surface area contributed by atoms with Crippen molar-refractivity contribution in [3.05, 3.63) is 53.4 Å². The second-order valence-electron chi connectivity index (χ2n) is 11.3. The van der Waals surface area contributed by atoms with E-state index in [-0.39, 0.29) is 54.3 Å². The molecule has 39 heavy (non-hydrogen) atoms. The Morgan fingerprint density at radius 3 is 2.56 bits per heavy atom. The van der Waals surface area contributed by atoms with Crippen LogP contribution in [0.2, 0.25) is 25.7 Å². The average Bonchev–Trinajstić information content (AvgIpc) is 3.25. The van der Waals surface area contributed by atoms with Crippen LogP contribution < -0.4 is 4.74 Å². The third kappa shape index (κ3) is 6.81. The van der Waals surface area contributed by atoms with Crippen molar-refractivity contribution in [3.63, 3.8) is 0 Å². The summed E-state index contributed by atoms with van der Waals surface area (Å²) >= 11 is 0. The molecular formula is C27H33F2N3O6Si. The first-order valence-electron chi connectivity index (χ1n) is 12.6. The lowest BCUT2D eigenvalue weighted by atomic mass is 9.92. The number of aliphatic hydroxyl groups excluding tert-OH is 1. The van der Waals surface area contributed by atoms with Crippen LogP contribution >= 0.6 is 0 Å². The molecule has 1 aliphatic rings. The number of pyridine rings is 1. The second kappa shape index (κ2) is 11.4. The summed E-state index contributed by atoms with van der Waals surface area (Å²) in [6, 6.07) is 4.55. The number of rotatable bonds is 11. The Morgan fingerprint density at radius 1 is 1.26 bits per heavy atom. The van der Waals surface area contributed by atoms with Crippen molar-refractivity contribution in [1.82, 2.24) is 9.55 Å². The highest BCUT2D eigenvalue weighted by atomic mass is 28.3. The van der Waals surface area contributed by atoms with Gasteiger partial charge in [0.1, 0.15) is 18.1 Å². The van der Waals surface area contributed by atoms with E-state index in [0.717, 1.165) is 18.2 Å². The maximum atomic E-state index is 15.1. The van der Waals surface area contributed by atoms with E-state index in [1.165, 1.54) is 18.5 Å². The van der Waals surface area contributed by atoms with Gasteiger partial charge in [0, 0.05) is 38.9 Å². The number of aromatic nitrogens is 2. The Labute approximate surface area is 226 Å². The molecular weight excluding hydrogens is 528 g/mol. The number of halogens is 2. The van der Waals surface area contributed by atoms with Crippen LogP contribution in [0.1, 0.15) is 22.8 Å². The fourth-order valence-corrected chi connectivity index (χ4v) is 4.76. The maximum absolute atomic E-state index is 15.1. The van der Waals surface area contributed by atoms with E-state index in [1.807, 2.05) is 6.92 Å². The molecule has 4 rings (SSSR count). The Bertz CT molecular complexity index is 1380. The SMILES string of the molecule is CC1(CO)CN=C(Cc2cc(F)c(Oc3ccnc4c3c(C(=O)O)cn4COCC[Si](C)(C)C)c(F)c2)OC1. The molecule has 210 valence electrons. The summed E-state index contributed by atoms with van der Waals surface area (Å²) in [6.45, 7) is 9.63. The zero-order chi connectivity index (χ0) is 28.4. The molecule has 1 aromatic carbocycles. The quantitative estimate of drug-likeness (QED) is 0.248. The molecule has 0 aliphatic carbocycles. The summed E-state index contributed by atoms with van der Waals surface area (Å²) in [7, 11) is -1.31. The van der Waals surface area contributed by atoms with Crippen LogP contribution in [0.15, 0.2) is 35.6 Å². The van der Waals surface area contributed by atoms with E-state index in [1.54, 1.807) is 4.57 Å². The molecule has 0 saturated heterocycles. The van der Waals surface area contributed by atoms with E-state index < -0.39 is 36.8 Å². The van der Waals surface area contributed by atoms with Crippen molar-refractivity contribution in [3.8, 4) is 11.5 Å². The van der Waals surface area contributed by atoms with Crippen LogP contribution in [-0.4, -0.2) is 66.1 Å². The van der Waals surface area contributed by atoms with E-state index >= 15 is 8.78 Å². The largest absolute Gasteiger partial charge is 0.480 e. The minimum atomic E-state index is -1.31. The number of carbonyl (C=O) groups is 1. The highest BCUT2D eigenvalue weighted by Crippen LogP contribution is 2.35. The van der Waals surface area contributed by atoms with E-state index in [9.17, 15) is 15.0 Å². The lowest BCUT2D eigenvalue weighted by Crippen LogP contribution is -2.36. The second-order valence-corrected chi connectivity index (χ2v) is 16.9. The number of fused-ring (bicyclic) bond motifs is 1. The first kappa shape index (κ1) is 28.6. The third-order valence-electron chi connectivity index (χ3n) is 6.41. The molecule has 0 fully saturated rings. The molecule has 2 N–H and O–H groups in total. The molecule has 1 unspecified atom stereocenters. The van der Waals surface area contributed by atoms with Crippen LogP contribution in [0.3, 0.4) is 0 Å². The van der Waals surface area contributed by atoms with Gasteiger partial charge in [-0.05, 0) is 29.8 Å². The van der Waals surface area contributed by atoms with E-state index in [4.69, 9.17) is 14.2 Å². The van der Waals surface area contributed by atoms with Crippen molar-refractivity contribution in [2.45, 2.75) is 45.8 Å². The number of carboxylic acid groups (broad SMARTS) is 1. The van der Waals surface area contributed by atoms with Gasteiger partial charge in [0.2, 0.25) is 0 Å². The van der Waals surface area contributed by atoms with Crippen molar-refractivity contribution < 1.29 is 38.0 Å². The van der Waals surface area contributed by atoms with Crippen molar-refractivity contribution in [2.24, 2.45) is 10.4 Å². The Balaban J connectivity index is 1.57. The van der Waals surface area contributed by atoms with Gasteiger partial charge < -0.3 is 29.0 Å². The van der Waals surface area contributed by atoms with Gasteiger partial charge in [-0.25, -0.2) is 18.6 Å². The Kier molecular flexibility index (Phi) is 8.38. The highest BCUT2D eigenvalue weighted by molar-refractivity contribution is 6.76. The number of ether oxygens (including phenoxy) is 3. The minimum absolute atomic E-state index is 0.0490. The number of nitrogens with zero attached hydrogens (tertiary/aromatic N) is 3. The first-order chi connectivity index (χ1) is 18.4. The summed E-state index contributed by atoms with van der Waals surface area (Å²) in [4.78, 5) is 20.6. The normalized spacial score (nSPS) is 17.7. The summed E-state index contributed by atoms with van der Waals surface area (Å²) in [5.74, 6) is -3.55. The van der Waals surface area contributed by atoms with Gasteiger partial charge in [-0.15, -0.1) is 0 Å². The van der Waals surface area contributed by atoms with Crippen LogP contribution in [0.5, 0.6) is 11.5 Å². The molecule has 2 aromatic heterocycles. The molecule has 1 atom stereocenters. The van der Waals surface area contributed by atoms with Gasteiger partial charge >= 0.3 is 5.97 Å². The Morgan fingerprint density at radius 2 is 1.97 bits per heavy atom. The predicted octanol–water partition coefficient (Wildman–Crippen LogP) is 5.09. The first-order valence-corrected chi connectivity index (χ1v) is 16.3. The monoisotopic (exact) mass is 561 g/mol. The average molecular weight is 562 g/mol. The van der Waals surface area contributed by atoms with Gasteiger partial charge in [0.15, 0.2) is 23.3 Å². The van der Waals surface area contributed by atoms with Crippen LogP contribution in [0, 0.1) is 17.0 Å². The minimum Gasteiger partial charge on any atom is -0.480 e. The van der Waals surface area contributed by atoms with Crippen molar-refractivity contribution >= 4 is 31.0 Å². The number of benzene rings is 1. The summed E-state index contributed by atoms with van der Waals surface area (Å²) in [5.41, 5.74) is -0.0581. The predicted molar refractivity (Wildman–Crippen MR) is 144 cm³/mol. The number of carboxylic acids is 1. The molecule has 3 aromatic rings. The topological polar surface area (TPSA) is 115 Å². The molecule has 0 spiro atoms. The summed E-state index contributed by atoms with van der Waals surface area (Å²) < 4.78 is 48.6. The summed E-state index contributed by atoms with van der Waals surface area (Å²) in [5, 5.41) is 19.3. The van der Waals surface area contributed by atoms with Crippen LogP contribution in [-0.2, 0) is 22.6 Å². The Hall–Kier alpha value is -3.35. The number of aliphatic hydroxyl groups is 1. The number of hydrogen-bond acceptors (Lipinski definition) is 7. The van der Waals surface area contributed by atoms with E-state index in [2.05, 4.69) is 29.6 Å². The fraction of sp³-hybridized carbons (Fsp3) is 0.444. The molecule has 9 nitrogen and oxygen atoms in total. The number of aromatic carboxylic acids is 1. The molecule has 1 aliphatic heterocycles. The standard InChI is InChI=1S/C27H33F2N3O6Si/c1-27(14-33)13-31-22(37-15-27)11-17-9-19(28)24(20(29)10-17)38-21-5-6-30-25-23(21)18(26(34)35)12-32(25)16-36-7-8-39(2,3)4/h5-6,9-10,12,33H,7-8,11,13-16H2,1-4H3,(H,34,35). The van der Waals surface area contributed by atoms with Crippen LogP contribution in [0.4, 0.5) is 8.78 Å². The lowest BCUT2D eigenvalue weighted by Gasteiger charge is -2.30.